The van der Waals surface area contributed by atoms with Crippen LogP contribution in [0.3, 0.4) is 0 Å². The highest BCUT2D eigenvalue weighted by atomic mass is 19.1. The molecule has 1 saturated heterocycles. The molecular formula is C26H26F2N6O3. The fourth-order valence-corrected chi connectivity index (χ4v) is 5.12. The van der Waals surface area contributed by atoms with E-state index in [0.717, 1.165) is 30.4 Å². The number of anilines is 1. The number of pyridine rings is 1. The van der Waals surface area contributed by atoms with Crippen molar-refractivity contribution in [3.8, 4) is 0 Å². The van der Waals surface area contributed by atoms with Crippen molar-refractivity contribution in [2.45, 2.75) is 37.8 Å². The van der Waals surface area contributed by atoms with Gasteiger partial charge in [0.1, 0.15) is 11.6 Å². The van der Waals surface area contributed by atoms with Gasteiger partial charge < -0.3 is 21.1 Å². The van der Waals surface area contributed by atoms with Crippen molar-refractivity contribution in [3.05, 3.63) is 77.3 Å². The maximum absolute atomic E-state index is 14.5. The molecule has 0 spiro atoms. The molecule has 2 aliphatic rings. The number of hydrogen-bond donors (Lipinski definition) is 3. The number of aliphatic carboxylic acids is 1. The molecule has 2 aliphatic heterocycles. The molecule has 0 bridgehead atoms. The van der Waals surface area contributed by atoms with Crippen molar-refractivity contribution in [2.75, 3.05) is 18.0 Å². The van der Waals surface area contributed by atoms with Gasteiger partial charge in [-0.1, -0.05) is 0 Å². The standard InChI is InChI=1S/C26H26F2N6O3/c27-15-3-4-21(28)18(10-15)23-2-1-8-33(23)17-6-9-34-24(12-17)20(14-31-34)25(35)32-16-5-7-30-22(11-16)19(13-29)26(36)37/h3-4,6,9-10,12-14,16,23H,1-2,5,7-8,11,29H2,(H,32,35)(H,36,37)/t16?,23-/m1/s1. The van der Waals surface area contributed by atoms with Crippen molar-refractivity contribution in [1.82, 2.24) is 14.9 Å². The van der Waals surface area contributed by atoms with Gasteiger partial charge in [-0.25, -0.2) is 18.1 Å². The van der Waals surface area contributed by atoms with Gasteiger partial charge >= 0.3 is 5.97 Å². The molecular weight excluding hydrogens is 482 g/mol. The zero-order valence-corrected chi connectivity index (χ0v) is 19.9. The first kappa shape index (κ1) is 24.4. The molecule has 0 aliphatic carbocycles. The number of benzene rings is 1. The minimum absolute atomic E-state index is 0.0746. The number of fused-ring (bicyclic) bond motifs is 1. The summed E-state index contributed by atoms with van der Waals surface area (Å²) in [4.78, 5) is 30.9. The minimum atomic E-state index is -1.17. The molecule has 1 unspecified atom stereocenters. The monoisotopic (exact) mass is 508 g/mol. The van der Waals surface area contributed by atoms with Gasteiger partial charge in [-0.05, 0) is 49.6 Å². The molecule has 1 amide bonds. The Morgan fingerprint density at radius 2 is 2.03 bits per heavy atom. The average molecular weight is 509 g/mol. The summed E-state index contributed by atoms with van der Waals surface area (Å²) in [6, 6.07) is 6.53. The summed E-state index contributed by atoms with van der Waals surface area (Å²) >= 11 is 0. The first-order chi connectivity index (χ1) is 17.9. The van der Waals surface area contributed by atoms with E-state index in [1.54, 1.807) is 10.7 Å². The number of carbonyl (C=O) groups excluding carboxylic acids is 1. The third-order valence-electron chi connectivity index (χ3n) is 6.91. The number of nitrogens with two attached hydrogens (primary N) is 1. The van der Waals surface area contributed by atoms with Gasteiger partial charge in [-0.15, -0.1) is 0 Å². The number of nitrogens with one attached hydrogen (secondary N) is 1. The van der Waals surface area contributed by atoms with E-state index in [4.69, 9.17) is 5.73 Å². The number of amides is 1. The highest BCUT2D eigenvalue weighted by Gasteiger charge is 2.30. The van der Waals surface area contributed by atoms with E-state index < -0.39 is 17.6 Å². The highest BCUT2D eigenvalue weighted by molar-refractivity contribution is 6.19. The molecule has 4 N–H and O–H groups in total. The van der Waals surface area contributed by atoms with Gasteiger partial charge in [0.05, 0.1) is 34.6 Å². The topological polar surface area (TPSA) is 125 Å². The van der Waals surface area contributed by atoms with E-state index in [2.05, 4.69) is 15.4 Å². The molecule has 9 nitrogen and oxygen atoms in total. The van der Waals surface area contributed by atoms with E-state index in [-0.39, 0.29) is 30.0 Å². The fourth-order valence-electron chi connectivity index (χ4n) is 5.12. The van der Waals surface area contributed by atoms with Crippen LogP contribution >= 0.6 is 0 Å². The van der Waals surface area contributed by atoms with Gasteiger partial charge in [0.25, 0.3) is 5.91 Å². The average Bonchev–Trinajstić information content (AvgIpc) is 3.53. The molecule has 3 aromatic rings. The summed E-state index contributed by atoms with van der Waals surface area (Å²) in [5.74, 6) is -2.45. The van der Waals surface area contributed by atoms with Crippen LogP contribution in [-0.2, 0) is 4.79 Å². The molecule has 11 heteroatoms. The van der Waals surface area contributed by atoms with Crippen LogP contribution in [0.2, 0.25) is 0 Å². The number of rotatable bonds is 6. The lowest BCUT2D eigenvalue weighted by molar-refractivity contribution is -0.132. The molecule has 5 rings (SSSR count). The van der Waals surface area contributed by atoms with Gasteiger partial charge in [0.2, 0.25) is 0 Å². The number of aromatic nitrogens is 2. The predicted octanol–water partition coefficient (Wildman–Crippen LogP) is 3.21. The number of aliphatic imine (C=N–C) groups is 1. The molecule has 2 atom stereocenters. The number of carboxylic acids is 1. The molecule has 37 heavy (non-hydrogen) atoms. The van der Waals surface area contributed by atoms with Crippen molar-refractivity contribution >= 4 is 28.8 Å². The zero-order chi connectivity index (χ0) is 26.1. The van der Waals surface area contributed by atoms with Crippen LogP contribution < -0.4 is 16.0 Å². The Labute approximate surface area is 211 Å². The largest absolute Gasteiger partial charge is 0.478 e. The lowest BCUT2D eigenvalue weighted by Gasteiger charge is -2.27. The Balaban J connectivity index is 1.38. The van der Waals surface area contributed by atoms with Crippen LogP contribution in [0.15, 0.2) is 59.5 Å². The van der Waals surface area contributed by atoms with Gasteiger partial charge in [0, 0.05) is 49.2 Å². The van der Waals surface area contributed by atoms with Crippen LogP contribution in [0.25, 0.3) is 5.52 Å². The van der Waals surface area contributed by atoms with Crippen LogP contribution in [0.1, 0.15) is 47.6 Å². The zero-order valence-electron chi connectivity index (χ0n) is 19.9. The predicted molar refractivity (Wildman–Crippen MR) is 134 cm³/mol. The second-order valence-electron chi connectivity index (χ2n) is 9.17. The summed E-state index contributed by atoms with van der Waals surface area (Å²) < 4.78 is 30.0. The van der Waals surface area contributed by atoms with Crippen molar-refractivity contribution < 1.29 is 23.5 Å². The van der Waals surface area contributed by atoms with Gasteiger partial charge in [-0.3, -0.25) is 9.79 Å². The third-order valence-corrected chi connectivity index (χ3v) is 6.91. The third kappa shape index (κ3) is 4.76. The number of carbonyl (C=O) groups is 2. The normalized spacial score (nSPS) is 20.2. The van der Waals surface area contributed by atoms with Crippen LogP contribution in [0.4, 0.5) is 14.5 Å². The lowest BCUT2D eigenvalue weighted by Crippen LogP contribution is -2.39. The highest BCUT2D eigenvalue weighted by Crippen LogP contribution is 2.38. The summed E-state index contributed by atoms with van der Waals surface area (Å²) in [6.45, 7) is 1.04. The molecule has 1 fully saturated rings. The lowest BCUT2D eigenvalue weighted by atomic mass is 9.98. The second kappa shape index (κ2) is 10.00. The minimum Gasteiger partial charge on any atom is -0.478 e. The number of hydrogen-bond acceptors (Lipinski definition) is 6. The van der Waals surface area contributed by atoms with Gasteiger partial charge in [-0.2, -0.15) is 5.10 Å². The van der Waals surface area contributed by atoms with Crippen molar-refractivity contribution in [3.63, 3.8) is 0 Å². The number of carboxylic acid groups (broad SMARTS) is 1. The SMILES string of the molecule is NC=C(C(=O)O)C1=NCCC(NC(=O)c2cnn3ccc(N4CCC[C@@H]4c4cc(F)ccc4F)cc23)C1. The fraction of sp³-hybridized carbons (Fsp3) is 0.308. The van der Waals surface area contributed by atoms with Crippen LogP contribution in [-0.4, -0.2) is 51.4 Å². The Kier molecular flexibility index (Phi) is 6.60. The van der Waals surface area contributed by atoms with E-state index in [0.29, 0.717) is 48.3 Å². The van der Waals surface area contributed by atoms with Gasteiger partial charge in [0.15, 0.2) is 0 Å². The number of halogens is 2. The van der Waals surface area contributed by atoms with E-state index in [1.807, 2.05) is 17.0 Å². The number of nitrogens with zero attached hydrogens (tertiary/aromatic N) is 4. The first-order valence-corrected chi connectivity index (χ1v) is 12.0. The molecule has 4 heterocycles. The van der Waals surface area contributed by atoms with E-state index in [9.17, 15) is 23.5 Å². The molecule has 2 aromatic heterocycles. The van der Waals surface area contributed by atoms with E-state index in [1.165, 1.54) is 12.3 Å². The molecule has 1 aromatic carbocycles. The maximum atomic E-state index is 14.5. The summed E-state index contributed by atoms with van der Waals surface area (Å²) in [5, 5.41) is 16.6. The van der Waals surface area contributed by atoms with E-state index >= 15 is 0 Å². The Morgan fingerprint density at radius 3 is 2.81 bits per heavy atom. The van der Waals surface area contributed by atoms with Crippen LogP contribution in [0, 0.1) is 11.6 Å². The summed E-state index contributed by atoms with van der Waals surface area (Å²) in [7, 11) is 0. The second-order valence-corrected chi connectivity index (χ2v) is 9.17. The Bertz CT molecular complexity index is 1430. The molecule has 0 radical (unpaired) electrons. The van der Waals surface area contributed by atoms with Crippen molar-refractivity contribution in [1.29, 1.82) is 0 Å². The Morgan fingerprint density at radius 1 is 1.19 bits per heavy atom. The quantitative estimate of drug-likeness (QED) is 0.439. The van der Waals surface area contributed by atoms with Crippen LogP contribution in [0.5, 0.6) is 0 Å². The summed E-state index contributed by atoms with van der Waals surface area (Å²) in [6.07, 6.45) is 6.53. The Hall–Kier alpha value is -4.28. The maximum Gasteiger partial charge on any atom is 0.339 e. The molecule has 0 saturated carbocycles. The van der Waals surface area contributed by atoms with Crippen molar-refractivity contribution in [2.24, 2.45) is 10.7 Å². The first-order valence-electron chi connectivity index (χ1n) is 12.0. The summed E-state index contributed by atoms with van der Waals surface area (Å²) in [5.41, 5.74) is 7.73. The smallest absolute Gasteiger partial charge is 0.339 e. The molecule has 192 valence electrons.